The predicted octanol–water partition coefficient (Wildman–Crippen LogP) is 0.147. The van der Waals surface area contributed by atoms with Gasteiger partial charge in [-0.2, -0.15) is 0 Å². The first kappa shape index (κ1) is 17.2. The highest BCUT2D eigenvalue weighted by Crippen LogP contribution is 2.29. The Morgan fingerprint density at radius 2 is 2.08 bits per heavy atom. The third-order valence-electron chi connectivity index (χ3n) is 5.97. The molecule has 1 aromatic heterocycles. The van der Waals surface area contributed by atoms with Gasteiger partial charge in [-0.25, -0.2) is 4.98 Å². The summed E-state index contributed by atoms with van der Waals surface area (Å²) in [5.74, 6) is 2.73. The quantitative estimate of drug-likeness (QED) is 0.824. The number of carbonyl (C=O) groups excluding carboxylic acids is 1. The van der Waals surface area contributed by atoms with Gasteiger partial charge < -0.3 is 10.2 Å². The average Bonchev–Trinajstić information content (AvgIpc) is 2.60. The molecule has 1 aliphatic heterocycles. The van der Waals surface area contributed by atoms with Gasteiger partial charge in [0.1, 0.15) is 26.2 Å². The molecule has 0 aromatic carbocycles. The highest BCUT2D eigenvalue weighted by atomic mass is 16.2. The van der Waals surface area contributed by atoms with Crippen molar-refractivity contribution >= 4 is 11.7 Å². The van der Waals surface area contributed by atoms with Crippen LogP contribution in [0.2, 0.25) is 0 Å². The lowest BCUT2D eigenvalue weighted by Gasteiger charge is -2.35. The Morgan fingerprint density at radius 1 is 1.29 bits per heavy atom. The first-order chi connectivity index (χ1) is 11.6. The Bertz CT molecular complexity index is 527. The molecule has 2 aliphatic rings. The molecule has 1 aromatic rings. The maximum atomic E-state index is 12.4. The second-order valence-corrected chi connectivity index (χ2v) is 7.60. The van der Waals surface area contributed by atoms with Crippen LogP contribution in [0.5, 0.6) is 0 Å². The number of aromatic nitrogens is 1. The van der Waals surface area contributed by atoms with Crippen LogP contribution in [0.25, 0.3) is 0 Å². The number of pyridine rings is 1. The van der Waals surface area contributed by atoms with Crippen molar-refractivity contribution in [3.8, 4) is 0 Å². The molecule has 5 heteroatoms. The van der Waals surface area contributed by atoms with E-state index in [-0.39, 0.29) is 5.91 Å². The van der Waals surface area contributed by atoms with Gasteiger partial charge in [-0.15, -0.1) is 0 Å². The number of piperazine rings is 1. The lowest BCUT2D eigenvalue weighted by molar-refractivity contribution is -0.892. The van der Waals surface area contributed by atoms with E-state index in [0.717, 1.165) is 38.5 Å². The summed E-state index contributed by atoms with van der Waals surface area (Å²) in [6, 6.07) is 6.55. The third kappa shape index (κ3) is 4.26. The van der Waals surface area contributed by atoms with Crippen molar-refractivity contribution in [1.29, 1.82) is 0 Å². The molecule has 5 nitrogen and oxygen atoms in total. The second-order valence-electron chi connectivity index (χ2n) is 7.60. The molecule has 0 spiro atoms. The lowest BCUT2D eigenvalue weighted by atomic mass is 9.78. The molecule has 24 heavy (non-hydrogen) atoms. The summed E-state index contributed by atoms with van der Waals surface area (Å²) in [5, 5.41) is 3.31. The Balaban J connectivity index is 1.43. The molecule has 1 saturated heterocycles. The number of rotatable bonds is 4. The van der Waals surface area contributed by atoms with Gasteiger partial charge >= 0.3 is 0 Å². The molecule has 3 N–H and O–H groups in total. The monoisotopic (exact) mass is 332 g/mol. The van der Waals surface area contributed by atoms with Gasteiger partial charge in [0.15, 0.2) is 6.54 Å². The molecule has 0 bridgehead atoms. The van der Waals surface area contributed by atoms with Crippen LogP contribution >= 0.6 is 0 Å². The van der Waals surface area contributed by atoms with E-state index in [0.29, 0.717) is 18.5 Å². The summed E-state index contributed by atoms with van der Waals surface area (Å²) in [5.41, 5.74) is 0. The Kier molecular flexibility index (Phi) is 5.72. The maximum absolute atomic E-state index is 12.4. The van der Waals surface area contributed by atoms with E-state index < -0.39 is 0 Å². The SMILES string of the molecule is C[C@@H]1[C@@H](C)CCC[C@H]1NC(=O)C[NH+]1CCN(c2cccc[nH+]2)CC1. The first-order valence-electron chi connectivity index (χ1n) is 9.48. The maximum Gasteiger partial charge on any atom is 0.275 e. The molecule has 2 fully saturated rings. The zero-order valence-electron chi connectivity index (χ0n) is 15.1. The van der Waals surface area contributed by atoms with E-state index in [1.54, 1.807) is 0 Å². The molecule has 1 aliphatic carbocycles. The number of nitrogens with zero attached hydrogens (tertiary/aromatic N) is 1. The van der Waals surface area contributed by atoms with E-state index >= 15 is 0 Å². The van der Waals surface area contributed by atoms with Crippen molar-refractivity contribution in [3.63, 3.8) is 0 Å². The van der Waals surface area contributed by atoms with Gasteiger partial charge in [0.2, 0.25) is 0 Å². The lowest BCUT2D eigenvalue weighted by Crippen LogP contribution is -3.16. The van der Waals surface area contributed by atoms with Crippen LogP contribution in [0.4, 0.5) is 5.82 Å². The van der Waals surface area contributed by atoms with Crippen molar-refractivity contribution in [2.75, 3.05) is 37.6 Å². The number of quaternary nitrogens is 1. The molecule has 1 saturated carbocycles. The highest BCUT2D eigenvalue weighted by molar-refractivity contribution is 5.77. The van der Waals surface area contributed by atoms with Crippen LogP contribution in [-0.2, 0) is 4.79 Å². The first-order valence-corrected chi connectivity index (χ1v) is 9.48. The fourth-order valence-electron chi connectivity index (χ4n) is 4.09. The summed E-state index contributed by atoms with van der Waals surface area (Å²) < 4.78 is 0. The van der Waals surface area contributed by atoms with Crippen molar-refractivity contribution in [2.45, 2.75) is 39.2 Å². The summed E-state index contributed by atoms with van der Waals surface area (Å²) >= 11 is 0. The molecular weight excluding hydrogens is 300 g/mol. The van der Waals surface area contributed by atoms with Crippen LogP contribution in [0.3, 0.4) is 0 Å². The summed E-state index contributed by atoms with van der Waals surface area (Å²) in [4.78, 5) is 19.5. The smallest absolute Gasteiger partial charge is 0.275 e. The van der Waals surface area contributed by atoms with Crippen LogP contribution in [0, 0.1) is 11.8 Å². The van der Waals surface area contributed by atoms with Gasteiger partial charge in [0.05, 0.1) is 6.20 Å². The molecule has 1 amide bonds. The minimum absolute atomic E-state index is 0.232. The summed E-state index contributed by atoms with van der Waals surface area (Å²) in [7, 11) is 0. The number of anilines is 1. The fourth-order valence-corrected chi connectivity index (χ4v) is 4.09. The molecule has 2 heterocycles. The van der Waals surface area contributed by atoms with Crippen LogP contribution in [0.1, 0.15) is 33.1 Å². The molecule has 0 radical (unpaired) electrons. The standard InChI is InChI=1S/C19H30N4O/c1-15-6-5-7-17(16(15)2)21-19(24)14-22-10-12-23(13-11-22)18-8-3-4-9-20-18/h3-4,8-9,15-17H,5-7,10-14H2,1-2H3,(H,21,24)/p+2/t15-,16+,17+/m0/s1. The number of aromatic amines is 1. The topological polar surface area (TPSA) is 50.9 Å². The van der Waals surface area contributed by atoms with E-state index in [4.69, 9.17) is 0 Å². The van der Waals surface area contributed by atoms with Crippen molar-refractivity contribution in [1.82, 2.24) is 5.32 Å². The molecular formula is C19H32N4O+2. The second kappa shape index (κ2) is 7.97. The Labute approximate surface area is 145 Å². The number of nitrogens with one attached hydrogen (secondary N) is 3. The largest absolute Gasteiger partial charge is 0.348 e. The number of carbonyl (C=O) groups is 1. The predicted molar refractivity (Wildman–Crippen MR) is 94.9 cm³/mol. The number of amides is 1. The van der Waals surface area contributed by atoms with E-state index in [2.05, 4.69) is 41.2 Å². The molecule has 0 unspecified atom stereocenters. The average molecular weight is 332 g/mol. The van der Waals surface area contributed by atoms with Gasteiger partial charge in [0, 0.05) is 12.1 Å². The van der Waals surface area contributed by atoms with E-state index in [9.17, 15) is 4.79 Å². The van der Waals surface area contributed by atoms with Crippen LogP contribution in [-0.4, -0.2) is 44.7 Å². The highest BCUT2D eigenvalue weighted by Gasteiger charge is 2.31. The van der Waals surface area contributed by atoms with Gasteiger partial charge in [-0.3, -0.25) is 9.69 Å². The molecule has 3 atom stereocenters. The van der Waals surface area contributed by atoms with Gasteiger partial charge in [0.25, 0.3) is 11.7 Å². The number of H-pyrrole nitrogens is 1. The summed E-state index contributed by atoms with van der Waals surface area (Å²) in [6.45, 7) is 9.26. The van der Waals surface area contributed by atoms with Crippen LogP contribution < -0.4 is 20.1 Å². The van der Waals surface area contributed by atoms with Gasteiger partial charge in [-0.1, -0.05) is 32.8 Å². The number of hydrogen-bond acceptors (Lipinski definition) is 2. The zero-order chi connectivity index (χ0) is 16.9. The zero-order valence-corrected chi connectivity index (χ0v) is 15.1. The molecule has 132 valence electrons. The minimum atomic E-state index is 0.232. The van der Waals surface area contributed by atoms with Gasteiger partial charge in [-0.05, 0) is 24.3 Å². The van der Waals surface area contributed by atoms with E-state index in [1.165, 1.54) is 23.6 Å². The summed E-state index contributed by atoms with van der Waals surface area (Å²) in [6.07, 6.45) is 5.66. The van der Waals surface area contributed by atoms with Crippen LogP contribution in [0.15, 0.2) is 24.4 Å². The minimum Gasteiger partial charge on any atom is -0.348 e. The van der Waals surface area contributed by atoms with Crippen molar-refractivity contribution in [3.05, 3.63) is 24.4 Å². The number of hydrogen-bond donors (Lipinski definition) is 2. The van der Waals surface area contributed by atoms with Crippen molar-refractivity contribution < 1.29 is 14.7 Å². The normalized spacial score (nSPS) is 28.6. The fraction of sp³-hybridized carbons (Fsp3) is 0.684. The molecule has 3 rings (SSSR count). The van der Waals surface area contributed by atoms with Crippen molar-refractivity contribution in [2.24, 2.45) is 11.8 Å². The Morgan fingerprint density at radius 3 is 2.79 bits per heavy atom. The Hall–Kier alpha value is -1.62. The third-order valence-corrected chi connectivity index (χ3v) is 5.97. The van der Waals surface area contributed by atoms with E-state index in [1.807, 2.05) is 12.3 Å².